The third kappa shape index (κ3) is 3.59. The molecular formula is C14H17NO2S. The van der Waals surface area contributed by atoms with E-state index in [1.54, 1.807) is 0 Å². The Morgan fingerprint density at radius 3 is 3.11 bits per heavy atom. The number of rotatable bonds is 4. The first-order valence-electron chi connectivity index (χ1n) is 6.18. The highest BCUT2D eigenvalue weighted by Gasteiger charge is 2.24. The van der Waals surface area contributed by atoms with Gasteiger partial charge < -0.3 is 10.4 Å². The zero-order valence-corrected chi connectivity index (χ0v) is 11.2. The Morgan fingerprint density at radius 1 is 1.67 bits per heavy atom. The number of carbonyl (C=O) groups is 1. The Morgan fingerprint density at radius 2 is 2.44 bits per heavy atom. The molecule has 1 atom stereocenters. The van der Waals surface area contributed by atoms with Gasteiger partial charge in [-0.1, -0.05) is 24.7 Å². The lowest BCUT2D eigenvalue weighted by Gasteiger charge is -2.12. The van der Waals surface area contributed by atoms with E-state index in [2.05, 4.69) is 17.2 Å². The highest BCUT2D eigenvalue weighted by atomic mass is 32.1. The van der Waals surface area contributed by atoms with E-state index in [9.17, 15) is 4.79 Å². The average molecular weight is 263 g/mol. The molecule has 0 bridgehead atoms. The zero-order valence-electron chi connectivity index (χ0n) is 10.4. The van der Waals surface area contributed by atoms with E-state index >= 15 is 0 Å². The van der Waals surface area contributed by atoms with Crippen molar-refractivity contribution in [3.63, 3.8) is 0 Å². The molecule has 0 aliphatic heterocycles. The van der Waals surface area contributed by atoms with Crippen molar-refractivity contribution in [3.8, 4) is 11.8 Å². The second kappa shape index (κ2) is 6.03. The Bertz CT molecular complexity index is 479. The van der Waals surface area contributed by atoms with Gasteiger partial charge in [-0.15, -0.1) is 11.3 Å². The number of carbonyl (C=O) groups excluding carboxylic acids is 1. The van der Waals surface area contributed by atoms with E-state index in [1.165, 1.54) is 24.2 Å². The number of amides is 1. The minimum atomic E-state index is -0.186. The van der Waals surface area contributed by atoms with Crippen molar-refractivity contribution >= 4 is 17.2 Å². The van der Waals surface area contributed by atoms with Crippen LogP contribution in [-0.4, -0.2) is 23.7 Å². The predicted molar refractivity (Wildman–Crippen MR) is 72.6 cm³/mol. The maximum atomic E-state index is 12.1. The van der Waals surface area contributed by atoms with Gasteiger partial charge in [0.25, 0.3) is 5.91 Å². The molecule has 2 rings (SSSR count). The highest BCUT2D eigenvalue weighted by molar-refractivity contribution is 7.12. The zero-order chi connectivity index (χ0) is 13.0. The molecule has 0 aromatic carbocycles. The van der Waals surface area contributed by atoms with Crippen molar-refractivity contribution < 1.29 is 9.90 Å². The molecule has 0 spiro atoms. The molecular weight excluding hydrogens is 246 g/mol. The summed E-state index contributed by atoms with van der Waals surface area (Å²) in [7, 11) is 0. The maximum Gasteiger partial charge on any atom is 0.262 e. The number of aliphatic hydroxyl groups excluding tert-OH is 1. The Labute approximate surface area is 111 Å². The summed E-state index contributed by atoms with van der Waals surface area (Å²) in [6.07, 6.45) is 3.66. The number of hydrogen-bond donors (Lipinski definition) is 2. The Kier molecular flexibility index (Phi) is 4.40. The first kappa shape index (κ1) is 13.1. The molecule has 0 saturated heterocycles. The third-order valence-corrected chi connectivity index (χ3v) is 3.85. The summed E-state index contributed by atoms with van der Waals surface area (Å²) in [6.45, 7) is 1.86. The second-order valence-electron chi connectivity index (χ2n) is 4.68. The van der Waals surface area contributed by atoms with Crippen LogP contribution in [0.3, 0.4) is 0 Å². The van der Waals surface area contributed by atoms with E-state index in [4.69, 9.17) is 5.11 Å². The molecule has 1 aromatic rings. The fourth-order valence-corrected chi connectivity index (χ4v) is 2.67. The minimum Gasteiger partial charge on any atom is -0.384 e. The summed E-state index contributed by atoms with van der Waals surface area (Å²) in [6, 6.07) is 2.03. The molecule has 1 aliphatic rings. The van der Waals surface area contributed by atoms with Gasteiger partial charge in [0, 0.05) is 11.6 Å². The lowest BCUT2D eigenvalue weighted by atomic mass is 10.1. The number of nitrogens with one attached hydrogen (secondary N) is 1. The molecule has 1 aromatic heterocycles. The smallest absolute Gasteiger partial charge is 0.262 e. The highest BCUT2D eigenvalue weighted by Crippen LogP contribution is 2.33. The van der Waals surface area contributed by atoms with E-state index in [1.807, 2.05) is 18.4 Å². The molecule has 4 heteroatoms. The normalized spacial score (nSPS) is 15.7. The second-order valence-corrected chi connectivity index (χ2v) is 5.59. The van der Waals surface area contributed by atoms with Crippen LogP contribution >= 0.6 is 11.3 Å². The number of thiophene rings is 1. The van der Waals surface area contributed by atoms with Crippen molar-refractivity contribution in [3.05, 3.63) is 21.9 Å². The van der Waals surface area contributed by atoms with Crippen LogP contribution < -0.4 is 5.32 Å². The monoisotopic (exact) mass is 263 g/mol. The summed E-state index contributed by atoms with van der Waals surface area (Å²) in [5, 5.41) is 13.5. The van der Waals surface area contributed by atoms with Crippen LogP contribution in [0.25, 0.3) is 0 Å². The molecule has 1 unspecified atom stereocenters. The largest absolute Gasteiger partial charge is 0.384 e. The number of aliphatic hydroxyl groups is 1. The molecule has 1 fully saturated rings. The van der Waals surface area contributed by atoms with Crippen LogP contribution in [0.5, 0.6) is 0 Å². The van der Waals surface area contributed by atoms with Crippen molar-refractivity contribution in [2.24, 2.45) is 5.92 Å². The SMILES string of the molecule is CC(CC1CC1)NC(=O)c1sccc1C#CCO. The van der Waals surface area contributed by atoms with E-state index < -0.39 is 0 Å². The Hall–Kier alpha value is -1.31. The summed E-state index contributed by atoms with van der Waals surface area (Å²) in [5.74, 6) is 6.12. The predicted octanol–water partition coefficient (Wildman–Crippen LogP) is 2.01. The van der Waals surface area contributed by atoms with E-state index in [-0.39, 0.29) is 18.6 Å². The summed E-state index contributed by atoms with van der Waals surface area (Å²) in [4.78, 5) is 12.7. The molecule has 1 saturated carbocycles. The molecule has 1 amide bonds. The maximum absolute atomic E-state index is 12.1. The van der Waals surface area contributed by atoms with Crippen LogP contribution in [-0.2, 0) is 0 Å². The van der Waals surface area contributed by atoms with Gasteiger partial charge in [0.05, 0.1) is 0 Å². The molecule has 18 heavy (non-hydrogen) atoms. The fourth-order valence-electron chi connectivity index (χ4n) is 1.92. The van der Waals surface area contributed by atoms with Crippen LogP contribution in [0, 0.1) is 17.8 Å². The molecule has 2 N–H and O–H groups in total. The number of hydrogen-bond acceptors (Lipinski definition) is 3. The molecule has 3 nitrogen and oxygen atoms in total. The van der Waals surface area contributed by atoms with Gasteiger partial charge in [0.1, 0.15) is 11.5 Å². The third-order valence-electron chi connectivity index (χ3n) is 2.93. The first-order valence-corrected chi connectivity index (χ1v) is 7.06. The quantitative estimate of drug-likeness (QED) is 0.816. The van der Waals surface area contributed by atoms with E-state index in [0.717, 1.165) is 12.3 Å². The van der Waals surface area contributed by atoms with Crippen LogP contribution in [0.15, 0.2) is 11.4 Å². The Balaban J connectivity index is 1.97. The van der Waals surface area contributed by atoms with Gasteiger partial charge in [0.2, 0.25) is 0 Å². The van der Waals surface area contributed by atoms with Crippen LogP contribution in [0.2, 0.25) is 0 Å². The molecule has 1 aliphatic carbocycles. The van der Waals surface area contributed by atoms with Crippen molar-refractivity contribution in [2.75, 3.05) is 6.61 Å². The van der Waals surface area contributed by atoms with Crippen LogP contribution in [0.4, 0.5) is 0 Å². The molecule has 1 heterocycles. The van der Waals surface area contributed by atoms with Gasteiger partial charge in [-0.05, 0) is 30.7 Å². The minimum absolute atomic E-state index is 0.0552. The first-order chi connectivity index (χ1) is 8.70. The van der Waals surface area contributed by atoms with Crippen molar-refractivity contribution in [1.29, 1.82) is 0 Å². The fraction of sp³-hybridized carbons (Fsp3) is 0.500. The summed E-state index contributed by atoms with van der Waals surface area (Å²) in [5.41, 5.74) is 0.699. The lowest BCUT2D eigenvalue weighted by molar-refractivity contribution is 0.0941. The topological polar surface area (TPSA) is 49.3 Å². The van der Waals surface area contributed by atoms with Crippen LogP contribution in [0.1, 0.15) is 41.4 Å². The van der Waals surface area contributed by atoms with Gasteiger partial charge >= 0.3 is 0 Å². The standard InChI is InChI=1S/C14H17NO2S/c1-10(9-11-4-5-11)15-14(17)13-12(3-2-7-16)6-8-18-13/h6,8,10-11,16H,4-5,7,9H2,1H3,(H,15,17). The molecule has 96 valence electrons. The van der Waals surface area contributed by atoms with Gasteiger partial charge in [-0.2, -0.15) is 0 Å². The van der Waals surface area contributed by atoms with Crippen molar-refractivity contribution in [2.45, 2.75) is 32.2 Å². The van der Waals surface area contributed by atoms with E-state index in [0.29, 0.717) is 10.4 Å². The lowest BCUT2D eigenvalue weighted by Crippen LogP contribution is -2.32. The van der Waals surface area contributed by atoms with Gasteiger partial charge in [0.15, 0.2) is 0 Å². The van der Waals surface area contributed by atoms with Gasteiger partial charge in [-0.3, -0.25) is 4.79 Å². The van der Waals surface area contributed by atoms with Gasteiger partial charge in [-0.25, -0.2) is 0 Å². The molecule has 0 radical (unpaired) electrons. The summed E-state index contributed by atoms with van der Waals surface area (Å²) >= 11 is 1.39. The summed E-state index contributed by atoms with van der Waals surface area (Å²) < 4.78 is 0. The van der Waals surface area contributed by atoms with Crippen molar-refractivity contribution in [1.82, 2.24) is 5.32 Å². The average Bonchev–Trinajstić information content (AvgIpc) is 3.01.